The van der Waals surface area contributed by atoms with Crippen molar-refractivity contribution in [3.8, 4) is 16.9 Å². The van der Waals surface area contributed by atoms with E-state index in [9.17, 15) is 9.59 Å². The second-order valence-electron chi connectivity index (χ2n) is 9.03. The second-order valence-corrected chi connectivity index (χ2v) is 10.3. The molecule has 38 heavy (non-hydrogen) atoms. The van der Waals surface area contributed by atoms with Crippen LogP contribution in [-0.2, 0) is 0 Å². The van der Waals surface area contributed by atoms with E-state index < -0.39 is 11.5 Å². The Morgan fingerprint density at radius 2 is 1.92 bits per heavy atom. The molecule has 0 unspecified atom stereocenters. The van der Waals surface area contributed by atoms with E-state index in [0.29, 0.717) is 50.7 Å². The predicted octanol–water partition coefficient (Wildman–Crippen LogP) is 6.11. The van der Waals surface area contributed by atoms with E-state index in [1.165, 1.54) is 25.0 Å². The zero-order chi connectivity index (χ0) is 26.6. The lowest BCUT2D eigenvalue weighted by Crippen LogP contribution is -2.35. The van der Waals surface area contributed by atoms with Gasteiger partial charge in [0, 0.05) is 27.7 Å². The number of hydrogen-bond acceptors (Lipinski definition) is 6. The molecular weight excluding hydrogens is 549 g/mol. The van der Waals surface area contributed by atoms with Crippen LogP contribution in [0.1, 0.15) is 36.0 Å². The predicted molar refractivity (Wildman–Crippen MR) is 151 cm³/mol. The van der Waals surface area contributed by atoms with Gasteiger partial charge >= 0.3 is 0 Å². The quantitative estimate of drug-likeness (QED) is 0.247. The Labute approximate surface area is 233 Å². The Kier molecular flexibility index (Phi) is 8.14. The first-order valence-corrected chi connectivity index (χ1v) is 13.3. The van der Waals surface area contributed by atoms with Crippen LogP contribution in [0.2, 0.25) is 15.1 Å². The number of nitrogens with one attached hydrogen (secondary N) is 3. The summed E-state index contributed by atoms with van der Waals surface area (Å²) in [5, 5.41) is 7.66. The number of benzene rings is 2. The van der Waals surface area contributed by atoms with Crippen molar-refractivity contribution in [2.75, 3.05) is 18.5 Å². The number of anilines is 1. The Morgan fingerprint density at radius 1 is 1.11 bits per heavy atom. The first kappa shape index (κ1) is 26.4. The highest BCUT2D eigenvalue weighted by Gasteiger charge is 2.22. The van der Waals surface area contributed by atoms with Crippen LogP contribution in [-0.4, -0.2) is 40.1 Å². The van der Waals surface area contributed by atoms with E-state index in [0.717, 1.165) is 25.8 Å². The van der Waals surface area contributed by atoms with Crippen LogP contribution in [0.4, 0.5) is 5.82 Å². The number of fused-ring (bicyclic) bond motifs is 1. The highest BCUT2D eigenvalue weighted by Crippen LogP contribution is 2.38. The molecular formula is C27H24Cl3N5O3. The normalized spacial score (nSPS) is 15.4. The number of aromatic nitrogens is 3. The first-order chi connectivity index (χ1) is 18.4. The van der Waals surface area contributed by atoms with E-state index in [-0.39, 0.29) is 16.1 Å². The van der Waals surface area contributed by atoms with Crippen molar-refractivity contribution in [2.45, 2.75) is 31.7 Å². The third-order valence-corrected chi connectivity index (χ3v) is 7.15. The summed E-state index contributed by atoms with van der Waals surface area (Å²) >= 11 is 19.0. The molecule has 2 aromatic heterocycles. The van der Waals surface area contributed by atoms with E-state index >= 15 is 0 Å². The summed E-state index contributed by atoms with van der Waals surface area (Å²) in [5.41, 5.74) is 0.997. The van der Waals surface area contributed by atoms with Crippen molar-refractivity contribution in [3.63, 3.8) is 0 Å². The van der Waals surface area contributed by atoms with Crippen molar-refractivity contribution in [1.82, 2.24) is 20.3 Å². The lowest BCUT2D eigenvalue weighted by atomic mass is 10.0. The van der Waals surface area contributed by atoms with Crippen LogP contribution < -0.4 is 20.9 Å². The second kappa shape index (κ2) is 11.7. The molecule has 0 bridgehead atoms. The summed E-state index contributed by atoms with van der Waals surface area (Å²) < 4.78 is 6.32. The van der Waals surface area contributed by atoms with Crippen LogP contribution in [0, 0.1) is 0 Å². The molecule has 1 aliphatic rings. The minimum Gasteiger partial charge on any atom is -0.492 e. The summed E-state index contributed by atoms with van der Waals surface area (Å²) in [7, 11) is 0. The van der Waals surface area contributed by atoms with Gasteiger partial charge in [-0.3, -0.25) is 9.59 Å². The van der Waals surface area contributed by atoms with Gasteiger partial charge in [0.1, 0.15) is 17.9 Å². The third kappa shape index (κ3) is 5.94. The highest BCUT2D eigenvalue weighted by molar-refractivity contribution is 6.36. The minimum absolute atomic E-state index is 0.163. The summed E-state index contributed by atoms with van der Waals surface area (Å²) in [5.74, 6) is 0.186. The zero-order valence-electron chi connectivity index (χ0n) is 20.2. The van der Waals surface area contributed by atoms with Crippen LogP contribution in [0.5, 0.6) is 5.75 Å². The molecule has 1 fully saturated rings. The SMILES string of the molecule is O=C(Nc1ccncn1)c1cc2c(OCC[C@@H]3CCCCN3)c(-c3cc(Cl)cc(Cl)c3)c(=O)[nH]c2cc1Cl. The number of carbonyl (C=O) groups excluding carboxylic acids is 1. The molecule has 11 heteroatoms. The fraction of sp³-hybridized carbons (Fsp3) is 0.259. The van der Waals surface area contributed by atoms with Crippen molar-refractivity contribution >= 4 is 57.4 Å². The summed E-state index contributed by atoms with van der Waals surface area (Å²) in [6.45, 7) is 1.34. The van der Waals surface area contributed by atoms with Crippen molar-refractivity contribution in [2.24, 2.45) is 0 Å². The Balaban J connectivity index is 1.60. The molecule has 0 radical (unpaired) electrons. The first-order valence-electron chi connectivity index (χ1n) is 12.2. The zero-order valence-corrected chi connectivity index (χ0v) is 22.5. The number of nitrogens with zero attached hydrogens (tertiary/aromatic N) is 2. The largest absolute Gasteiger partial charge is 0.492 e. The van der Waals surface area contributed by atoms with Gasteiger partial charge in [0.05, 0.1) is 28.3 Å². The maximum Gasteiger partial charge on any atom is 0.260 e. The fourth-order valence-electron chi connectivity index (χ4n) is 4.59. The van der Waals surface area contributed by atoms with Crippen molar-refractivity contribution in [3.05, 3.63) is 79.9 Å². The van der Waals surface area contributed by atoms with Crippen LogP contribution >= 0.6 is 34.8 Å². The number of rotatable bonds is 7. The molecule has 8 nitrogen and oxygen atoms in total. The molecule has 3 N–H and O–H groups in total. The lowest BCUT2D eigenvalue weighted by Gasteiger charge is -2.24. The van der Waals surface area contributed by atoms with E-state index in [2.05, 4.69) is 25.6 Å². The van der Waals surface area contributed by atoms with Gasteiger partial charge < -0.3 is 20.4 Å². The van der Waals surface area contributed by atoms with Gasteiger partial charge in [-0.05, 0) is 67.8 Å². The molecule has 1 atom stereocenters. The highest BCUT2D eigenvalue weighted by atomic mass is 35.5. The average Bonchev–Trinajstić information content (AvgIpc) is 2.89. The molecule has 1 aliphatic heterocycles. The maximum absolute atomic E-state index is 13.3. The number of piperidine rings is 1. The van der Waals surface area contributed by atoms with Crippen LogP contribution in [0.25, 0.3) is 22.0 Å². The van der Waals surface area contributed by atoms with E-state index in [4.69, 9.17) is 39.5 Å². The van der Waals surface area contributed by atoms with E-state index in [1.807, 2.05) is 0 Å². The van der Waals surface area contributed by atoms with Gasteiger partial charge in [-0.1, -0.05) is 41.2 Å². The number of H-pyrrole nitrogens is 1. The summed E-state index contributed by atoms with van der Waals surface area (Å²) in [6, 6.07) is 9.94. The third-order valence-electron chi connectivity index (χ3n) is 6.40. The standard InChI is InChI=1S/C27H24Cl3N5O3/c28-16-9-15(10-17(29)11-16)24-25(38-8-5-18-3-1-2-6-32-18)20-12-19(21(30)13-22(20)34-27(24)37)26(36)35-23-4-7-31-14-33-23/h4,7,9-14,18,32H,1-3,5-6,8H2,(H,34,37)(H,31,33,35,36)/t18-/m0/s1. The molecule has 5 rings (SSSR count). The fourth-order valence-corrected chi connectivity index (χ4v) is 5.37. The van der Waals surface area contributed by atoms with Gasteiger partial charge in [0.25, 0.3) is 11.5 Å². The molecule has 3 heterocycles. The molecule has 1 amide bonds. The number of amides is 1. The maximum atomic E-state index is 13.3. The molecule has 0 spiro atoms. The Hall–Kier alpha value is -3.17. The number of aromatic amines is 1. The molecule has 0 saturated carbocycles. The van der Waals surface area contributed by atoms with E-state index in [1.54, 1.807) is 30.3 Å². The number of hydrogen-bond donors (Lipinski definition) is 3. The number of halogens is 3. The van der Waals surface area contributed by atoms with Gasteiger partial charge in [-0.25, -0.2) is 9.97 Å². The van der Waals surface area contributed by atoms with Crippen LogP contribution in [0.3, 0.4) is 0 Å². The summed E-state index contributed by atoms with van der Waals surface area (Å²) in [6.07, 6.45) is 7.01. The molecule has 2 aromatic carbocycles. The van der Waals surface area contributed by atoms with Crippen molar-refractivity contribution in [1.29, 1.82) is 0 Å². The number of pyridine rings is 1. The van der Waals surface area contributed by atoms with Gasteiger partial charge in [0.15, 0.2) is 0 Å². The monoisotopic (exact) mass is 571 g/mol. The number of carbonyl (C=O) groups is 1. The molecule has 1 saturated heterocycles. The molecule has 196 valence electrons. The van der Waals surface area contributed by atoms with Gasteiger partial charge in [-0.15, -0.1) is 0 Å². The Morgan fingerprint density at radius 3 is 2.63 bits per heavy atom. The Bertz CT molecular complexity index is 1520. The average molecular weight is 573 g/mol. The minimum atomic E-state index is -0.466. The topological polar surface area (TPSA) is 109 Å². The molecule has 0 aliphatic carbocycles. The van der Waals surface area contributed by atoms with Gasteiger partial charge in [-0.2, -0.15) is 0 Å². The summed E-state index contributed by atoms with van der Waals surface area (Å²) in [4.78, 5) is 37.2. The van der Waals surface area contributed by atoms with Crippen molar-refractivity contribution < 1.29 is 9.53 Å². The lowest BCUT2D eigenvalue weighted by molar-refractivity contribution is 0.102. The molecule has 4 aromatic rings. The number of ether oxygens (including phenoxy) is 1. The van der Waals surface area contributed by atoms with Gasteiger partial charge in [0.2, 0.25) is 0 Å². The smallest absolute Gasteiger partial charge is 0.260 e. The van der Waals surface area contributed by atoms with Crippen LogP contribution in [0.15, 0.2) is 53.7 Å².